The second-order valence-corrected chi connectivity index (χ2v) is 20.1. The van der Waals surface area contributed by atoms with Gasteiger partial charge in [0.25, 0.3) is 5.91 Å². The summed E-state index contributed by atoms with van der Waals surface area (Å²) in [5, 5.41) is 11.5. The van der Waals surface area contributed by atoms with Gasteiger partial charge in [-0.05, 0) is 60.8 Å². The van der Waals surface area contributed by atoms with E-state index >= 15 is 0 Å². The average Bonchev–Trinajstić information content (AvgIpc) is 3.87. The summed E-state index contributed by atoms with van der Waals surface area (Å²) < 4.78 is 28.5. The predicted molar refractivity (Wildman–Crippen MR) is 214 cm³/mol. The molecule has 2 saturated carbocycles. The minimum Gasteiger partial charge on any atom is -0.346 e. The molecule has 56 heavy (non-hydrogen) atoms. The molecule has 0 radical (unpaired) electrons. The number of hydrogen-bond donors (Lipinski definition) is 4. The summed E-state index contributed by atoms with van der Waals surface area (Å²) in [6.45, 7) is 14.4. The molecule has 0 aromatic carbocycles. The summed E-state index contributed by atoms with van der Waals surface area (Å²) in [5.74, 6) is -2.31. The summed E-state index contributed by atoms with van der Waals surface area (Å²) >= 11 is 0. The van der Waals surface area contributed by atoms with Crippen molar-refractivity contribution in [1.29, 1.82) is 0 Å². The van der Waals surface area contributed by atoms with Crippen molar-refractivity contribution in [3.05, 3.63) is 46.9 Å². The highest BCUT2D eigenvalue weighted by atomic mass is 32.2. The fraction of sp³-hybridized carbons (Fsp3) is 0.690. The SMILES string of the molecule is C=CCNC(=O)C(=O)C(CC1CC1)NC(=O)[C@@H]1[C@H]2C=C(C(C)C)[C@H]2CN1C(=O)[C@@H](NC(=O)N[C@H](CN1CC2=C(CCC=C2)S1(=O)=O)C(C)(C)C)C1CCCCC1. The van der Waals surface area contributed by atoms with E-state index < -0.39 is 63.2 Å². The lowest BCUT2D eigenvalue weighted by atomic mass is 9.70. The Morgan fingerprint density at radius 1 is 1.00 bits per heavy atom. The van der Waals surface area contributed by atoms with Crippen LogP contribution < -0.4 is 21.3 Å². The molecule has 13 nitrogen and oxygen atoms in total. The fourth-order valence-corrected chi connectivity index (χ4v) is 11.0. The smallest absolute Gasteiger partial charge is 0.315 e. The van der Waals surface area contributed by atoms with Crippen LogP contribution in [0.1, 0.15) is 98.8 Å². The number of amides is 5. The van der Waals surface area contributed by atoms with Gasteiger partial charge >= 0.3 is 6.03 Å². The van der Waals surface area contributed by atoms with E-state index in [9.17, 15) is 32.4 Å². The monoisotopic (exact) mass is 794 g/mol. The number of fused-ring (bicyclic) bond motifs is 1. The fourth-order valence-electron chi connectivity index (χ4n) is 9.22. The van der Waals surface area contributed by atoms with Crippen molar-refractivity contribution >= 4 is 39.6 Å². The summed E-state index contributed by atoms with van der Waals surface area (Å²) in [6.07, 6.45) is 15.1. The van der Waals surface area contributed by atoms with E-state index in [1.165, 1.54) is 16.0 Å². The van der Waals surface area contributed by atoms with E-state index in [1.54, 1.807) is 4.90 Å². The number of Topliss-reactive ketones (excluding diaryl/α,β-unsaturated/α-hetero) is 1. The van der Waals surface area contributed by atoms with Crippen LogP contribution in [0.25, 0.3) is 0 Å². The summed E-state index contributed by atoms with van der Waals surface area (Å²) in [4.78, 5) is 71.5. The van der Waals surface area contributed by atoms with Crippen molar-refractivity contribution in [2.24, 2.45) is 35.0 Å². The third-order valence-electron chi connectivity index (χ3n) is 12.7. The first-order valence-electron chi connectivity index (χ1n) is 20.7. The molecule has 6 atom stereocenters. The zero-order valence-electron chi connectivity index (χ0n) is 33.8. The number of urea groups is 1. The average molecular weight is 795 g/mol. The molecule has 308 valence electrons. The Balaban J connectivity index is 1.22. The predicted octanol–water partition coefficient (Wildman–Crippen LogP) is 4.09. The van der Waals surface area contributed by atoms with E-state index in [1.807, 2.05) is 32.9 Å². The Bertz CT molecular complexity index is 1780. The molecule has 0 aromatic heterocycles. The van der Waals surface area contributed by atoms with Crippen LogP contribution in [0.15, 0.2) is 46.9 Å². The molecule has 4 aliphatic carbocycles. The van der Waals surface area contributed by atoms with Gasteiger partial charge in [-0.3, -0.25) is 19.2 Å². The number of hydrogen-bond acceptors (Lipinski definition) is 7. The normalized spacial score (nSPS) is 26.3. The van der Waals surface area contributed by atoms with Gasteiger partial charge in [0.15, 0.2) is 0 Å². The lowest BCUT2D eigenvalue weighted by Gasteiger charge is -2.37. The largest absolute Gasteiger partial charge is 0.346 e. The number of ketones is 1. The lowest BCUT2D eigenvalue weighted by Crippen LogP contribution is -2.61. The number of rotatable bonds is 15. The zero-order chi connectivity index (χ0) is 40.5. The molecule has 3 fully saturated rings. The highest BCUT2D eigenvalue weighted by Crippen LogP contribution is 2.48. The molecule has 6 aliphatic rings. The molecule has 5 amide bonds. The maximum atomic E-state index is 15.0. The number of carbonyl (C=O) groups is 5. The Hall–Kier alpha value is -3.78. The Labute approximate surface area is 332 Å². The second kappa shape index (κ2) is 17.0. The number of nitrogens with zero attached hydrogens (tertiary/aromatic N) is 2. The molecule has 4 N–H and O–H groups in total. The maximum absolute atomic E-state index is 15.0. The highest BCUT2D eigenvalue weighted by molar-refractivity contribution is 7.93. The molecule has 0 bridgehead atoms. The van der Waals surface area contributed by atoms with E-state index in [2.05, 4.69) is 47.8 Å². The summed E-state index contributed by atoms with van der Waals surface area (Å²) in [5.41, 5.74) is 1.45. The number of allylic oxidation sites excluding steroid dienone is 2. The lowest BCUT2D eigenvalue weighted by molar-refractivity contribution is -0.144. The van der Waals surface area contributed by atoms with Gasteiger partial charge in [-0.25, -0.2) is 13.2 Å². The van der Waals surface area contributed by atoms with Gasteiger partial charge in [0.2, 0.25) is 27.6 Å². The van der Waals surface area contributed by atoms with Crippen LogP contribution >= 0.6 is 0 Å². The minimum atomic E-state index is -3.66. The quantitative estimate of drug-likeness (QED) is 0.143. The molecule has 2 aliphatic heterocycles. The van der Waals surface area contributed by atoms with Crippen LogP contribution in [0.4, 0.5) is 4.79 Å². The number of nitrogens with one attached hydrogen (secondary N) is 4. The molecule has 1 saturated heterocycles. The Morgan fingerprint density at radius 2 is 1.71 bits per heavy atom. The molecule has 1 unspecified atom stereocenters. The van der Waals surface area contributed by atoms with Gasteiger partial charge in [0, 0.05) is 44.1 Å². The van der Waals surface area contributed by atoms with E-state index in [0.717, 1.165) is 50.5 Å². The minimum absolute atomic E-state index is 0.0361. The molecular formula is C42H62N6O7S. The van der Waals surface area contributed by atoms with Crippen LogP contribution in [0.5, 0.6) is 0 Å². The van der Waals surface area contributed by atoms with Gasteiger partial charge in [0.1, 0.15) is 12.1 Å². The number of carbonyl (C=O) groups excluding carboxylic acids is 5. The highest BCUT2D eigenvalue weighted by Gasteiger charge is 2.55. The first-order chi connectivity index (χ1) is 26.5. The number of sulfonamides is 1. The molecule has 0 aromatic rings. The van der Waals surface area contributed by atoms with Crippen LogP contribution in [0, 0.1) is 35.0 Å². The first kappa shape index (κ1) is 41.8. The van der Waals surface area contributed by atoms with Crippen molar-refractivity contribution in [2.75, 3.05) is 26.2 Å². The van der Waals surface area contributed by atoms with Crippen molar-refractivity contribution in [2.45, 2.75) is 123 Å². The Kier molecular flexibility index (Phi) is 12.7. The van der Waals surface area contributed by atoms with Gasteiger partial charge in [0.05, 0.1) is 10.9 Å². The summed E-state index contributed by atoms with van der Waals surface area (Å²) in [6, 6.07) is -3.99. The van der Waals surface area contributed by atoms with Crippen LogP contribution in [0.3, 0.4) is 0 Å². The van der Waals surface area contributed by atoms with E-state index in [4.69, 9.17) is 0 Å². The standard InChI is InChI=1S/C42H62N6O7S/c1-7-19-43-39(51)37(49)32(20-26-17-18-26)44-38(50)36-30-21-29(25(2)3)31(30)23-48(36)40(52)35(27-13-9-8-10-14-27)46-41(53)45-34(42(4,5)6)24-47-22-28-15-11-12-16-33(28)56(47,54)55/h7,11,15,21,25-27,30-32,34-36H,1,8-10,12-14,16-20,22-24H2,2-6H3,(H,43,51)(H,44,50)(H2,45,46,53)/t30-,31+,32?,34+,35-,36-/m0/s1. The van der Waals surface area contributed by atoms with Crippen LogP contribution in [0.2, 0.25) is 0 Å². The molecular weight excluding hydrogens is 733 g/mol. The molecule has 2 heterocycles. The molecule has 6 rings (SSSR count). The van der Waals surface area contributed by atoms with Crippen LogP contribution in [-0.4, -0.2) is 97.5 Å². The topological polar surface area (TPSA) is 174 Å². The number of likely N-dealkylation sites (tertiary alicyclic amines) is 1. The van der Waals surface area contributed by atoms with Gasteiger partial charge in [-0.15, -0.1) is 6.58 Å². The van der Waals surface area contributed by atoms with Gasteiger partial charge in [-0.2, -0.15) is 4.31 Å². The van der Waals surface area contributed by atoms with Crippen molar-refractivity contribution in [3.63, 3.8) is 0 Å². The Morgan fingerprint density at radius 3 is 2.34 bits per heavy atom. The first-order valence-corrected chi connectivity index (χ1v) is 22.2. The second-order valence-electron chi connectivity index (χ2n) is 18.1. The van der Waals surface area contributed by atoms with Crippen molar-refractivity contribution in [1.82, 2.24) is 30.5 Å². The molecule has 0 spiro atoms. The zero-order valence-corrected chi connectivity index (χ0v) is 34.6. The van der Waals surface area contributed by atoms with Crippen molar-refractivity contribution < 1.29 is 32.4 Å². The van der Waals surface area contributed by atoms with Crippen LogP contribution in [-0.2, 0) is 29.2 Å². The van der Waals surface area contributed by atoms with E-state index in [-0.39, 0.29) is 55.1 Å². The maximum Gasteiger partial charge on any atom is 0.315 e. The third kappa shape index (κ3) is 9.01. The van der Waals surface area contributed by atoms with Crippen molar-refractivity contribution in [3.8, 4) is 0 Å². The van der Waals surface area contributed by atoms with Gasteiger partial charge in [-0.1, -0.05) is 96.6 Å². The summed E-state index contributed by atoms with van der Waals surface area (Å²) in [7, 11) is -3.66. The van der Waals surface area contributed by atoms with Gasteiger partial charge < -0.3 is 26.2 Å². The van der Waals surface area contributed by atoms with E-state index in [0.29, 0.717) is 30.7 Å². The third-order valence-corrected chi connectivity index (χ3v) is 14.8. The molecule has 14 heteroatoms.